The number of nitrogens with two attached hydrogens (primary N) is 1. The fourth-order valence-corrected chi connectivity index (χ4v) is 1.95. The van der Waals surface area contributed by atoms with Crippen molar-refractivity contribution >= 4 is 11.7 Å². The van der Waals surface area contributed by atoms with Crippen LogP contribution in [0.4, 0.5) is 5.69 Å². The third-order valence-corrected chi connectivity index (χ3v) is 2.90. The highest BCUT2D eigenvalue weighted by molar-refractivity contribution is 5.96. The molecule has 106 valence electrons. The number of nitrogens with zero attached hydrogens (tertiary/aromatic N) is 1. The Hall–Kier alpha value is -1.59. The lowest BCUT2D eigenvalue weighted by atomic mass is 10.0. The maximum atomic E-state index is 11.8. The van der Waals surface area contributed by atoms with Gasteiger partial charge in [-0.1, -0.05) is 12.1 Å². The lowest BCUT2D eigenvalue weighted by Gasteiger charge is -2.18. The first-order valence-corrected chi connectivity index (χ1v) is 6.23. The molecule has 0 bridgehead atoms. The number of carbonyl (C=O) groups excluding carboxylic acids is 1. The molecule has 0 aliphatic rings. The molecule has 0 amide bonds. The predicted octanol–water partition coefficient (Wildman–Crippen LogP) is 1.52. The maximum absolute atomic E-state index is 11.8. The molecule has 0 aliphatic carbocycles. The van der Waals surface area contributed by atoms with Gasteiger partial charge in [-0.05, 0) is 25.1 Å². The number of ether oxygens (including phenoxy) is 2. The highest BCUT2D eigenvalue weighted by atomic mass is 16.5. The summed E-state index contributed by atoms with van der Waals surface area (Å²) in [5, 5.41) is 0. The largest absolute Gasteiger partial charge is 0.465 e. The molecule has 1 aromatic rings. The Labute approximate surface area is 114 Å². The summed E-state index contributed by atoms with van der Waals surface area (Å²) in [5.74, 6) is -0.390. The molecule has 2 N–H and O–H groups in total. The standard InChI is InChI=1S/C14H22N2O3/c1-16(8-5-9-18-2)10-11-6-4-7-12(15)13(11)14(17)19-3/h4,6-7H,5,8-10,15H2,1-3H3. The summed E-state index contributed by atoms with van der Waals surface area (Å²) in [5.41, 5.74) is 7.65. The molecule has 1 aromatic carbocycles. The minimum Gasteiger partial charge on any atom is -0.465 e. The van der Waals surface area contributed by atoms with Gasteiger partial charge in [0.1, 0.15) is 0 Å². The van der Waals surface area contributed by atoms with Gasteiger partial charge in [0.15, 0.2) is 0 Å². The van der Waals surface area contributed by atoms with Crippen LogP contribution in [0.5, 0.6) is 0 Å². The van der Waals surface area contributed by atoms with Crippen LogP contribution in [0.25, 0.3) is 0 Å². The van der Waals surface area contributed by atoms with Crippen molar-refractivity contribution in [2.24, 2.45) is 0 Å². The van der Waals surface area contributed by atoms with E-state index >= 15 is 0 Å². The van der Waals surface area contributed by atoms with Crippen LogP contribution in [0.1, 0.15) is 22.3 Å². The normalized spacial score (nSPS) is 10.7. The van der Waals surface area contributed by atoms with E-state index < -0.39 is 5.97 Å². The first-order valence-electron chi connectivity index (χ1n) is 6.23. The first-order chi connectivity index (χ1) is 9.10. The zero-order valence-electron chi connectivity index (χ0n) is 11.8. The van der Waals surface area contributed by atoms with Gasteiger partial charge >= 0.3 is 5.97 Å². The van der Waals surface area contributed by atoms with Crippen LogP contribution < -0.4 is 5.73 Å². The van der Waals surface area contributed by atoms with E-state index in [4.69, 9.17) is 15.2 Å². The summed E-state index contributed by atoms with van der Waals surface area (Å²) in [6, 6.07) is 5.45. The number of nitrogen functional groups attached to an aromatic ring is 1. The minimum absolute atomic E-state index is 0.390. The zero-order chi connectivity index (χ0) is 14.3. The van der Waals surface area contributed by atoms with Gasteiger partial charge in [0, 0.05) is 32.5 Å². The summed E-state index contributed by atoms with van der Waals surface area (Å²) in [7, 11) is 5.05. The molecule has 0 aromatic heterocycles. The number of esters is 1. The van der Waals surface area contributed by atoms with Gasteiger partial charge in [-0.2, -0.15) is 0 Å². The molecular formula is C14H22N2O3. The van der Waals surface area contributed by atoms with Crippen LogP contribution in [-0.2, 0) is 16.0 Å². The molecule has 5 heteroatoms. The molecule has 0 radical (unpaired) electrons. The molecular weight excluding hydrogens is 244 g/mol. The number of rotatable bonds is 7. The smallest absolute Gasteiger partial charge is 0.340 e. The number of anilines is 1. The Bertz CT molecular complexity index is 421. The lowest BCUT2D eigenvalue weighted by Crippen LogP contribution is -2.22. The number of benzene rings is 1. The fraction of sp³-hybridized carbons (Fsp3) is 0.500. The molecule has 0 unspecified atom stereocenters. The van der Waals surface area contributed by atoms with E-state index in [9.17, 15) is 4.79 Å². The molecule has 0 atom stereocenters. The van der Waals surface area contributed by atoms with Crippen LogP contribution >= 0.6 is 0 Å². The van der Waals surface area contributed by atoms with Crippen molar-refractivity contribution in [3.8, 4) is 0 Å². The molecule has 0 fully saturated rings. The van der Waals surface area contributed by atoms with E-state index in [2.05, 4.69) is 4.90 Å². The number of carbonyl (C=O) groups is 1. The Kier molecular flexibility index (Phi) is 6.32. The number of hydrogen-bond donors (Lipinski definition) is 1. The zero-order valence-corrected chi connectivity index (χ0v) is 11.8. The number of methoxy groups -OCH3 is 2. The molecule has 0 saturated heterocycles. The van der Waals surface area contributed by atoms with Gasteiger partial charge in [-0.15, -0.1) is 0 Å². The molecule has 19 heavy (non-hydrogen) atoms. The summed E-state index contributed by atoms with van der Waals surface area (Å²) >= 11 is 0. The average molecular weight is 266 g/mol. The van der Waals surface area contributed by atoms with Gasteiger partial charge in [-0.3, -0.25) is 0 Å². The Morgan fingerprint density at radius 2 is 2.11 bits per heavy atom. The summed E-state index contributed by atoms with van der Waals surface area (Å²) < 4.78 is 9.80. The van der Waals surface area contributed by atoms with E-state index in [-0.39, 0.29) is 0 Å². The van der Waals surface area contributed by atoms with E-state index in [1.54, 1.807) is 13.2 Å². The Morgan fingerprint density at radius 3 is 2.74 bits per heavy atom. The minimum atomic E-state index is -0.390. The van der Waals surface area contributed by atoms with Crippen molar-refractivity contribution in [3.05, 3.63) is 29.3 Å². The molecule has 0 spiro atoms. The SMILES string of the molecule is COCCCN(C)Cc1cccc(N)c1C(=O)OC. The van der Waals surface area contributed by atoms with Gasteiger partial charge in [-0.25, -0.2) is 4.79 Å². The second-order valence-electron chi connectivity index (χ2n) is 4.46. The van der Waals surface area contributed by atoms with Crippen LogP contribution in [0.2, 0.25) is 0 Å². The summed E-state index contributed by atoms with van der Waals surface area (Å²) in [6.07, 6.45) is 0.947. The Balaban J connectivity index is 2.77. The van der Waals surface area contributed by atoms with Gasteiger partial charge in [0.2, 0.25) is 0 Å². The average Bonchev–Trinajstić information content (AvgIpc) is 2.38. The highest BCUT2D eigenvalue weighted by Gasteiger charge is 2.16. The number of hydrogen-bond acceptors (Lipinski definition) is 5. The lowest BCUT2D eigenvalue weighted by molar-refractivity contribution is 0.0599. The summed E-state index contributed by atoms with van der Waals surface area (Å²) in [4.78, 5) is 13.9. The van der Waals surface area contributed by atoms with Crippen LogP contribution in [-0.4, -0.2) is 45.3 Å². The van der Waals surface area contributed by atoms with Crippen molar-refractivity contribution in [2.45, 2.75) is 13.0 Å². The second kappa shape index (κ2) is 7.76. The first kappa shape index (κ1) is 15.5. The third kappa shape index (κ3) is 4.54. The van der Waals surface area contributed by atoms with Crippen molar-refractivity contribution in [1.29, 1.82) is 0 Å². The van der Waals surface area contributed by atoms with Crippen molar-refractivity contribution in [1.82, 2.24) is 4.90 Å². The van der Waals surface area contributed by atoms with Crippen molar-refractivity contribution < 1.29 is 14.3 Å². The molecule has 1 rings (SSSR count). The van der Waals surface area contributed by atoms with Crippen LogP contribution in [0.3, 0.4) is 0 Å². The van der Waals surface area contributed by atoms with E-state index in [1.807, 2.05) is 19.2 Å². The quantitative estimate of drug-likeness (QED) is 0.460. The van der Waals surface area contributed by atoms with Crippen LogP contribution in [0, 0.1) is 0 Å². The van der Waals surface area contributed by atoms with Crippen molar-refractivity contribution in [3.63, 3.8) is 0 Å². The van der Waals surface area contributed by atoms with Gasteiger partial charge in [0.05, 0.1) is 12.7 Å². The van der Waals surface area contributed by atoms with Crippen LogP contribution in [0.15, 0.2) is 18.2 Å². The fourth-order valence-electron chi connectivity index (χ4n) is 1.95. The molecule has 5 nitrogen and oxygen atoms in total. The second-order valence-corrected chi connectivity index (χ2v) is 4.46. The molecule has 0 heterocycles. The van der Waals surface area contributed by atoms with Crippen molar-refractivity contribution in [2.75, 3.05) is 40.2 Å². The summed E-state index contributed by atoms with van der Waals surface area (Å²) in [6.45, 7) is 2.27. The molecule has 0 saturated carbocycles. The van der Waals surface area contributed by atoms with Gasteiger partial charge < -0.3 is 20.1 Å². The predicted molar refractivity (Wildman–Crippen MR) is 75.0 cm³/mol. The Morgan fingerprint density at radius 1 is 1.37 bits per heavy atom. The van der Waals surface area contributed by atoms with E-state index in [0.717, 1.165) is 25.1 Å². The third-order valence-electron chi connectivity index (χ3n) is 2.90. The van der Waals surface area contributed by atoms with E-state index in [1.165, 1.54) is 7.11 Å². The topological polar surface area (TPSA) is 64.8 Å². The molecule has 0 aliphatic heterocycles. The maximum Gasteiger partial charge on any atom is 0.340 e. The van der Waals surface area contributed by atoms with E-state index in [0.29, 0.717) is 17.8 Å². The highest BCUT2D eigenvalue weighted by Crippen LogP contribution is 2.19. The monoisotopic (exact) mass is 266 g/mol. The van der Waals surface area contributed by atoms with Gasteiger partial charge in [0.25, 0.3) is 0 Å².